The standard InChI is InChI=1S/C13H22N4O3S/c1-7-8(2)10-14-12(21-9(3)11(18)20-6)17(15-10)13(19)16(4)5/h8-9H,7H2,1-6H3. The Morgan fingerprint density at radius 2 is 2.00 bits per heavy atom. The molecule has 8 heteroatoms. The minimum Gasteiger partial charge on any atom is -0.468 e. The van der Waals surface area contributed by atoms with Gasteiger partial charge in [0.2, 0.25) is 0 Å². The largest absolute Gasteiger partial charge is 0.468 e. The smallest absolute Gasteiger partial charge is 0.346 e. The number of rotatable bonds is 5. The molecule has 21 heavy (non-hydrogen) atoms. The van der Waals surface area contributed by atoms with Gasteiger partial charge in [-0.05, 0) is 13.3 Å². The predicted molar refractivity (Wildman–Crippen MR) is 80.5 cm³/mol. The molecule has 0 spiro atoms. The van der Waals surface area contributed by atoms with Crippen molar-refractivity contribution in [3.8, 4) is 0 Å². The molecule has 1 heterocycles. The van der Waals surface area contributed by atoms with E-state index < -0.39 is 5.25 Å². The van der Waals surface area contributed by atoms with Crippen LogP contribution in [0.4, 0.5) is 4.79 Å². The van der Waals surface area contributed by atoms with Gasteiger partial charge in [0.25, 0.3) is 0 Å². The summed E-state index contributed by atoms with van der Waals surface area (Å²) in [5, 5.41) is 4.23. The monoisotopic (exact) mass is 314 g/mol. The topological polar surface area (TPSA) is 77.3 Å². The summed E-state index contributed by atoms with van der Waals surface area (Å²) in [6.45, 7) is 5.74. The number of hydrogen-bond acceptors (Lipinski definition) is 6. The third-order valence-corrected chi connectivity index (χ3v) is 4.05. The number of aromatic nitrogens is 3. The quantitative estimate of drug-likeness (QED) is 0.611. The Labute approximate surface area is 129 Å². The molecule has 1 rings (SSSR count). The molecule has 0 aliphatic heterocycles. The minimum atomic E-state index is -0.460. The first kappa shape index (κ1) is 17.5. The van der Waals surface area contributed by atoms with Crippen LogP contribution in [0.2, 0.25) is 0 Å². The second-order valence-electron chi connectivity index (χ2n) is 4.93. The summed E-state index contributed by atoms with van der Waals surface area (Å²) >= 11 is 1.16. The Morgan fingerprint density at radius 3 is 2.48 bits per heavy atom. The number of thioether (sulfide) groups is 1. The van der Waals surface area contributed by atoms with Crippen molar-refractivity contribution in [1.82, 2.24) is 19.7 Å². The van der Waals surface area contributed by atoms with Crippen LogP contribution >= 0.6 is 11.8 Å². The summed E-state index contributed by atoms with van der Waals surface area (Å²) in [6, 6.07) is -0.295. The van der Waals surface area contributed by atoms with Gasteiger partial charge in [0.05, 0.1) is 7.11 Å². The summed E-state index contributed by atoms with van der Waals surface area (Å²) in [5.74, 6) is 0.387. The number of nitrogens with zero attached hydrogens (tertiary/aromatic N) is 4. The van der Waals surface area contributed by atoms with E-state index in [1.54, 1.807) is 21.0 Å². The highest BCUT2D eigenvalue weighted by Crippen LogP contribution is 2.25. The SMILES string of the molecule is CCC(C)c1nc(SC(C)C(=O)OC)n(C(=O)N(C)C)n1. The molecule has 0 aliphatic rings. The molecule has 1 aromatic heterocycles. The van der Waals surface area contributed by atoms with Gasteiger partial charge in [-0.25, -0.2) is 9.78 Å². The fourth-order valence-electron chi connectivity index (χ4n) is 1.47. The fourth-order valence-corrected chi connectivity index (χ4v) is 2.34. The van der Waals surface area contributed by atoms with Gasteiger partial charge in [-0.15, -0.1) is 5.10 Å². The van der Waals surface area contributed by atoms with Crippen molar-refractivity contribution in [2.24, 2.45) is 0 Å². The number of carbonyl (C=O) groups excluding carboxylic acids is 2. The lowest BCUT2D eigenvalue weighted by Gasteiger charge is -2.12. The van der Waals surface area contributed by atoms with Gasteiger partial charge in [-0.1, -0.05) is 25.6 Å². The van der Waals surface area contributed by atoms with Crippen molar-refractivity contribution >= 4 is 23.8 Å². The van der Waals surface area contributed by atoms with Crippen molar-refractivity contribution in [3.63, 3.8) is 0 Å². The highest BCUT2D eigenvalue weighted by atomic mass is 32.2. The lowest BCUT2D eigenvalue weighted by Crippen LogP contribution is -2.29. The van der Waals surface area contributed by atoms with Crippen LogP contribution < -0.4 is 0 Å². The average molecular weight is 314 g/mol. The molecule has 0 aromatic carbocycles. The van der Waals surface area contributed by atoms with Crippen molar-refractivity contribution in [2.75, 3.05) is 21.2 Å². The van der Waals surface area contributed by atoms with Gasteiger partial charge in [-0.2, -0.15) is 4.68 Å². The predicted octanol–water partition coefficient (Wildman–Crippen LogP) is 1.97. The van der Waals surface area contributed by atoms with Crippen molar-refractivity contribution < 1.29 is 14.3 Å². The first-order valence-electron chi connectivity index (χ1n) is 6.74. The fraction of sp³-hybridized carbons (Fsp3) is 0.692. The molecule has 0 saturated heterocycles. The van der Waals surface area contributed by atoms with Crippen LogP contribution in [0.25, 0.3) is 0 Å². The molecule has 7 nitrogen and oxygen atoms in total. The lowest BCUT2D eigenvalue weighted by molar-refractivity contribution is -0.139. The average Bonchev–Trinajstić information content (AvgIpc) is 2.88. The third kappa shape index (κ3) is 4.20. The Kier molecular flexibility index (Phi) is 6.19. The van der Waals surface area contributed by atoms with Gasteiger partial charge in [-0.3, -0.25) is 4.79 Å². The number of methoxy groups -OCH3 is 1. The van der Waals surface area contributed by atoms with Gasteiger partial charge < -0.3 is 9.64 Å². The Balaban J connectivity index is 3.12. The van der Waals surface area contributed by atoms with Crippen molar-refractivity contribution in [1.29, 1.82) is 0 Å². The van der Waals surface area contributed by atoms with E-state index in [-0.39, 0.29) is 17.9 Å². The highest BCUT2D eigenvalue weighted by Gasteiger charge is 2.24. The molecule has 0 radical (unpaired) electrons. The molecule has 1 aromatic rings. The highest BCUT2D eigenvalue weighted by molar-refractivity contribution is 8.00. The van der Waals surface area contributed by atoms with Crippen molar-refractivity contribution in [3.05, 3.63) is 5.82 Å². The van der Waals surface area contributed by atoms with Crippen LogP contribution in [0, 0.1) is 0 Å². The molecule has 0 bridgehead atoms. The maximum absolute atomic E-state index is 12.2. The number of amides is 1. The number of esters is 1. The maximum atomic E-state index is 12.2. The van der Waals surface area contributed by atoms with E-state index in [1.165, 1.54) is 16.7 Å². The molecule has 0 aliphatic carbocycles. The maximum Gasteiger partial charge on any atom is 0.346 e. The zero-order valence-corrected chi connectivity index (χ0v) is 14.1. The molecular weight excluding hydrogens is 292 g/mol. The minimum absolute atomic E-state index is 0.147. The van der Waals surface area contributed by atoms with E-state index in [0.717, 1.165) is 18.2 Å². The Bertz CT molecular complexity index is 516. The van der Waals surface area contributed by atoms with Crippen LogP contribution in [0.15, 0.2) is 5.16 Å². The molecule has 2 unspecified atom stereocenters. The van der Waals surface area contributed by atoms with Crippen LogP contribution in [0.1, 0.15) is 38.9 Å². The normalized spacial score (nSPS) is 13.6. The third-order valence-electron chi connectivity index (χ3n) is 3.03. The van der Waals surface area contributed by atoms with E-state index in [4.69, 9.17) is 4.74 Å². The van der Waals surface area contributed by atoms with Crippen LogP contribution in [0.5, 0.6) is 0 Å². The number of ether oxygens (including phenoxy) is 1. The van der Waals surface area contributed by atoms with Gasteiger partial charge in [0.1, 0.15) is 5.25 Å². The lowest BCUT2D eigenvalue weighted by atomic mass is 10.1. The van der Waals surface area contributed by atoms with Gasteiger partial charge in [0, 0.05) is 20.0 Å². The molecule has 0 N–H and O–H groups in total. The molecule has 118 valence electrons. The van der Waals surface area contributed by atoms with Gasteiger partial charge >= 0.3 is 12.0 Å². The van der Waals surface area contributed by atoms with E-state index >= 15 is 0 Å². The molecule has 1 amide bonds. The van der Waals surface area contributed by atoms with Crippen LogP contribution in [-0.4, -0.2) is 58.1 Å². The Morgan fingerprint density at radius 1 is 1.38 bits per heavy atom. The zero-order chi connectivity index (χ0) is 16.2. The first-order chi connectivity index (χ1) is 9.81. The number of hydrogen-bond donors (Lipinski definition) is 0. The first-order valence-corrected chi connectivity index (χ1v) is 7.62. The van der Waals surface area contributed by atoms with E-state index in [1.807, 2.05) is 13.8 Å². The number of carbonyl (C=O) groups is 2. The van der Waals surface area contributed by atoms with Crippen molar-refractivity contribution in [2.45, 2.75) is 43.5 Å². The molecule has 0 fully saturated rings. The van der Waals surface area contributed by atoms with E-state index in [0.29, 0.717) is 11.0 Å². The summed E-state index contributed by atoms with van der Waals surface area (Å²) in [5.41, 5.74) is 0. The van der Waals surface area contributed by atoms with E-state index in [2.05, 4.69) is 10.1 Å². The van der Waals surface area contributed by atoms with E-state index in [9.17, 15) is 9.59 Å². The molecular formula is C13H22N4O3S. The van der Waals surface area contributed by atoms with Gasteiger partial charge in [0.15, 0.2) is 11.0 Å². The molecule has 0 saturated carbocycles. The Hall–Kier alpha value is -1.57. The van der Waals surface area contributed by atoms with Crippen LogP contribution in [0.3, 0.4) is 0 Å². The second kappa shape index (κ2) is 7.44. The molecule has 2 atom stereocenters. The van der Waals surface area contributed by atoms with Crippen LogP contribution in [-0.2, 0) is 9.53 Å². The second-order valence-corrected chi connectivity index (χ2v) is 6.24. The zero-order valence-electron chi connectivity index (χ0n) is 13.3. The summed E-state index contributed by atoms with van der Waals surface area (Å²) in [7, 11) is 4.62. The summed E-state index contributed by atoms with van der Waals surface area (Å²) in [6.07, 6.45) is 0.872. The summed E-state index contributed by atoms with van der Waals surface area (Å²) < 4.78 is 5.94. The summed E-state index contributed by atoms with van der Waals surface area (Å²) in [4.78, 5) is 29.5.